The zero-order valence-corrected chi connectivity index (χ0v) is 12.6. The molecule has 0 aliphatic rings. The van der Waals surface area contributed by atoms with E-state index in [0.717, 1.165) is 38.5 Å². The fraction of sp³-hybridized carbons (Fsp3) is 1.00. The lowest BCUT2D eigenvalue weighted by atomic mass is 9.86. The predicted octanol–water partition coefficient (Wildman–Crippen LogP) is 2.72. The van der Waals surface area contributed by atoms with Gasteiger partial charge in [0.1, 0.15) is 0 Å². The maximum absolute atomic E-state index is 9.86. The van der Waals surface area contributed by atoms with E-state index in [2.05, 4.69) is 0 Å². The van der Waals surface area contributed by atoms with Crippen LogP contribution in [0.2, 0.25) is 0 Å². The molecule has 0 spiro atoms. The zero-order valence-electron chi connectivity index (χ0n) is 12.6. The molecule has 0 aromatic carbocycles. The molecule has 0 heterocycles. The van der Waals surface area contributed by atoms with Gasteiger partial charge in [0, 0.05) is 13.2 Å². The highest BCUT2D eigenvalue weighted by molar-refractivity contribution is 4.70. The van der Waals surface area contributed by atoms with Gasteiger partial charge in [0.2, 0.25) is 0 Å². The maximum Gasteiger partial charge on any atom is 0.0540 e. The first-order valence-corrected chi connectivity index (χ1v) is 7.12. The zero-order chi connectivity index (χ0) is 14.2. The second-order valence-corrected chi connectivity index (χ2v) is 7.08. The van der Waals surface area contributed by atoms with E-state index in [-0.39, 0.29) is 30.1 Å². The minimum Gasteiger partial charge on any atom is -0.396 e. The molecule has 0 radical (unpaired) electrons. The molecule has 110 valence electrons. The fourth-order valence-corrected chi connectivity index (χ4v) is 1.93. The van der Waals surface area contributed by atoms with Gasteiger partial charge in [-0.3, -0.25) is 0 Å². The first-order valence-electron chi connectivity index (χ1n) is 7.12. The molecule has 3 heteroatoms. The molecule has 3 nitrogen and oxygen atoms in total. The Balaban J connectivity index is 3.64. The van der Waals surface area contributed by atoms with Crippen LogP contribution in [0.4, 0.5) is 0 Å². The SMILES string of the molecule is CC(C)(CO)CCCC(O)CCCC(C)(C)CO. The van der Waals surface area contributed by atoms with Crippen LogP contribution in [0.15, 0.2) is 0 Å². The smallest absolute Gasteiger partial charge is 0.0540 e. The van der Waals surface area contributed by atoms with Crippen LogP contribution in [0, 0.1) is 10.8 Å². The normalized spacial score (nSPS) is 13.3. The van der Waals surface area contributed by atoms with Crippen LogP contribution >= 0.6 is 0 Å². The summed E-state index contributed by atoms with van der Waals surface area (Å²) in [5.74, 6) is 0. The van der Waals surface area contributed by atoms with Crippen LogP contribution in [0.25, 0.3) is 0 Å². The van der Waals surface area contributed by atoms with E-state index in [1.165, 1.54) is 0 Å². The second-order valence-electron chi connectivity index (χ2n) is 7.08. The minimum atomic E-state index is -0.242. The van der Waals surface area contributed by atoms with E-state index in [1.54, 1.807) is 0 Å². The van der Waals surface area contributed by atoms with Crippen LogP contribution in [0.3, 0.4) is 0 Å². The van der Waals surface area contributed by atoms with Gasteiger partial charge in [-0.15, -0.1) is 0 Å². The average Bonchev–Trinajstić information content (AvgIpc) is 2.28. The molecule has 18 heavy (non-hydrogen) atoms. The summed E-state index contributed by atoms with van der Waals surface area (Å²) < 4.78 is 0. The van der Waals surface area contributed by atoms with Crippen molar-refractivity contribution >= 4 is 0 Å². The Labute approximate surface area is 112 Å². The second kappa shape index (κ2) is 8.13. The summed E-state index contributed by atoms with van der Waals surface area (Å²) >= 11 is 0. The lowest BCUT2D eigenvalue weighted by Crippen LogP contribution is -2.19. The third-order valence-corrected chi connectivity index (χ3v) is 3.64. The van der Waals surface area contributed by atoms with E-state index in [0.29, 0.717) is 0 Å². The Bertz CT molecular complexity index is 190. The number of aliphatic hydroxyl groups is 3. The lowest BCUT2D eigenvalue weighted by Gasteiger charge is -2.23. The van der Waals surface area contributed by atoms with Gasteiger partial charge in [-0.2, -0.15) is 0 Å². The van der Waals surface area contributed by atoms with Gasteiger partial charge in [0.15, 0.2) is 0 Å². The largest absolute Gasteiger partial charge is 0.396 e. The topological polar surface area (TPSA) is 60.7 Å². The van der Waals surface area contributed by atoms with Crippen molar-refractivity contribution in [3.05, 3.63) is 0 Å². The summed E-state index contributed by atoms with van der Waals surface area (Å²) in [5, 5.41) is 28.1. The summed E-state index contributed by atoms with van der Waals surface area (Å²) in [4.78, 5) is 0. The Morgan fingerprint density at radius 2 is 1.11 bits per heavy atom. The van der Waals surface area contributed by atoms with E-state index < -0.39 is 0 Å². The highest BCUT2D eigenvalue weighted by Crippen LogP contribution is 2.25. The fourth-order valence-electron chi connectivity index (χ4n) is 1.93. The Kier molecular flexibility index (Phi) is 8.08. The molecular formula is C15H32O3. The van der Waals surface area contributed by atoms with Crippen LogP contribution in [-0.4, -0.2) is 34.6 Å². The summed E-state index contributed by atoms with van der Waals surface area (Å²) in [6.45, 7) is 8.58. The van der Waals surface area contributed by atoms with E-state index in [9.17, 15) is 5.11 Å². The summed E-state index contributed by atoms with van der Waals surface area (Å²) in [6.07, 6.45) is 5.18. The van der Waals surface area contributed by atoms with Crippen molar-refractivity contribution < 1.29 is 15.3 Å². The summed E-state index contributed by atoms with van der Waals surface area (Å²) in [7, 11) is 0. The van der Waals surface area contributed by atoms with Crippen molar-refractivity contribution in [3.63, 3.8) is 0 Å². The van der Waals surface area contributed by atoms with Gasteiger partial charge in [-0.25, -0.2) is 0 Å². The van der Waals surface area contributed by atoms with Crippen molar-refractivity contribution in [2.75, 3.05) is 13.2 Å². The van der Waals surface area contributed by atoms with Crippen molar-refractivity contribution in [3.8, 4) is 0 Å². The Hall–Kier alpha value is -0.120. The minimum absolute atomic E-state index is 0.0292. The molecule has 0 aliphatic carbocycles. The quantitative estimate of drug-likeness (QED) is 0.566. The van der Waals surface area contributed by atoms with E-state index in [4.69, 9.17) is 10.2 Å². The number of rotatable bonds is 10. The van der Waals surface area contributed by atoms with Gasteiger partial charge < -0.3 is 15.3 Å². The van der Waals surface area contributed by atoms with Gasteiger partial charge in [0.05, 0.1) is 6.10 Å². The molecule has 0 amide bonds. The molecule has 0 aromatic rings. The monoisotopic (exact) mass is 260 g/mol. The predicted molar refractivity (Wildman–Crippen MR) is 75.4 cm³/mol. The molecule has 0 aromatic heterocycles. The molecule has 0 saturated carbocycles. The van der Waals surface area contributed by atoms with Crippen LogP contribution < -0.4 is 0 Å². The van der Waals surface area contributed by atoms with Crippen molar-refractivity contribution in [2.24, 2.45) is 10.8 Å². The third kappa shape index (κ3) is 8.90. The molecule has 0 saturated heterocycles. The summed E-state index contributed by atoms with van der Waals surface area (Å²) in [6, 6.07) is 0. The van der Waals surface area contributed by atoms with Gasteiger partial charge in [-0.05, 0) is 36.5 Å². The Morgan fingerprint density at radius 1 is 0.778 bits per heavy atom. The van der Waals surface area contributed by atoms with Crippen LogP contribution in [0.5, 0.6) is 0 Å². The third-order valence-electron chi connectivity index (χ3n) is 3.64. The van der Waals surface area contributed by atoms with Crippen molar-refractivity contribution in [1.29, 1.82) is 0 Å². The van der Waals surface area contributed by atoms with Gasteiger partial charge in [-0.1, -0.05) is 40.5 Å². The summed E-state index contributed by atoms with van der Waals surface area (Å²) in [5.41, 5.74) is -0.0583. The molecule has 0 atom stereocenters. The van der Waals surface area contributed by atoms with Gasteiger partial charge in [0.25, 0.3) is 0 Å². The standard InChI is InChI=1S/C15H32O3/c1-14(2,11-16)9-5-7-13(18)8-6-10-15(3,4)12-17/h13,16-18H,5-12H2,1-4H3. The highest BCUT2D eigenvalue weighted by atomic mass is 16.3. The van der Waals surface area contributed by atoms with Crippen molar-refractivity contribution in [2.45, 2.75) is 72.3 Å². The first-order chi connectivity index (χ1) is 8.22. The van der Waals surface area contributed by atoms with Gasteiger partial charge >= 0.3 is 0 Å². The molecule has 0 unspecified atom stereocenters. The van der Waals surface area contributed by atoms with E-state index in [1.807, 2.05) is 27.7 Å². The van der Waals surface area contributed by atoms with Crippen LogP contribution in [0.1, 0.15) is 66.2 Å². The van der Waals surface area contributed by atoms with Crippen molar-refractivity contribution in [1.82, 2.24) is 0 Å². The number of hydrogen-bond acceptors (Lipinski definition) is 3. The average molecular weight is 260 g/mol. The first kappa shape index (κ1) is 17.9. The maximum atomic E-state index is 9.86. The van der Waals surface area contributed by atoms with E-state index >= 15 is 0 Å². The lowest BCUT2D eigenvalue weighted by molar-refractivity contribution is 0.110. The molecule has 0 rings (SSSR count). The Morgan fingerprint density at radius 3 is 1.39 bits per heavy atom. The molecular weight excluding hydrogens is 228 g/mol. The molecule has 0 aliphatic heterocycles. The molecule has 0 bridgehead atoms. The number of aliphatic hydroxyl groups excluding tert-OH is 3. The molecule has 0 fully saturated rings. The highest BCUT2D eigenvalue weighted by Gasteiger charge is 2.18. The van der Waals surface area contributed by atoms with Crippen LogP contribution in [-0.2, 0) is 0 Å². The number of hydrogen-bond donors (Lipinski definition) is 3. The molecule has 3 N–H and O–H groups in total.